The number of halogens is 2. The van der Waals surface area contributed by atoms with E-state index in [-0.39, 0.29) is 16.7 Å². The zero-order valence-corrected chi connectivity index (χ0v) is 13.1. The second kappa shape index (κ2) is 5.80. The van der Waals surface area contributed by atoms with Crippen LogP contribution in [0.3, 0.4) is 0 Å². The van der Waals surface area contributed by atoms with Crippen molar-refractivity contribution in [3.05, 3.63) is 32.8 Å². The maximum atomic E-state index is 12.0. The molecule has 19 heavy (non-hydrogen) atoms. The van der Waals surface area contributed by atoms with Crippen LogP contribution in [0.25, 0.3) is 0 Å². The van der Waals surface area contributed by atoms with Crippen molar-refractivity contribution in [1.29, 1.82) is 0 Å². The average Bonchev–Trinajstić information content (AvgIpc) is 2.87. The molecular weight excluding hydrogens is 329 g/mol. The highest BCUT2D eigenvalue weighted by Crippen LogP contribution is 2.22. The Balaban J connectivity index is 2.00. The highest BCUT2D eigenvalue weighted by Gasteiger charge is 2.21. The molecule has 0 spiro atoms. The summed E-state index contributed by atoms with van der Waals surface area (Å²) in [5, 5.41) is -0.0625. The van der Waals surface area contributed by atoms with Crippen LogP contribution in [0.15, 0.2) is 23.5 Å². The van der Waals surface area contributed by atoms with Crippen LogP contribution in [0, 0.1) is 0 Å². The molecule has 0 amide bonds. The molecular formula is C10H11Cl2N3O2S2. The van der Waals surface area contributed by atoms with E-state index in [1.54, 1.807) is 13.1 Å². The summed E-state index contributed by atoms with van der Waals surface area (Å²) in [5.41, 5.74) is 0. The van der Waals surface area contributed by atoms with Gasteiger partial charge in [-0.3, -0.25) is 0 Å². The lowest BCUT2D eigenvalue weighted by molar-refractivity contribution is 0.578. The lowest BCUT2D eigenvalue weighted by atomic mass is 10.3. The minimum absolute atomic E-state index is 0.0895. The normalized spacial score (nSPS) is 11.9. The Labute approximate surface area is 125 Å². The molecule has 2 heterocycles. The van der Waals surface area contributed by atoms with Crippen molar-refractivity contribution in [1.82, 2.24) is 14.3 Å². The van der Waals surface area contributed by atoms with Gasteiger partial charge in [0, 0.05) is 18.5 Å². The van der Waals surface area contributed by atoms with Gasteiger partial charge in [0.05, 0.1) is 10.7 Å². The summed E-state index contributed by atoms with van der Waals surface area (Å²) in [4.78, 5) is 4.79. The van der Waals surface area contributed by atoms with Crippen LogP contribution in [-0.4, -0.2) is 24.5 Å². The van der Waals surface area contributed by atoms with Crippen LogP contribution in [-0.2, 0) is 23.5 Å². The van der Waals surface area contributed by atoms with Crippen molar-refractivity contribution >= 4 is 44.6 Å². The molecule has 9 heteroatoms. The van der Waals surface area contributed by atoms with Gasteiger partial charge in [0.15, 0.2) is 0 Å². The van der Waals surface area contributed by atoms with Crippen molar-refractivity contribution in [3.8, 4) is 0 Å². The fourth-order valence-corrected chi connectivity index (χ4v) is 3.98. The molecule has 0 saturated heterocycles. The zero-order valence-electron chi connectivity index (χ0n) is 9.93. The molecule has 0 aromatic carbocycles. The molecule has 2 aromatic rings. The van der Waals surface area contributed by atoms with Crippen LogP contribution in [0.2, 0.25) is 9.49 Å². The smallest absolute Gasteiger partial charge is 0.261 e. The SMILES string of the molecule is Cn1cnc(S(=O)(=O)NCCc2ccc(Cl)s2)c1Cl. The number of thiophene rings is 1. The van der Waals surface area contributed by atoms with Gasteiger partial charge in [-0.1, -0.05) is 23.2 Å². The first-order valence-electron chi connectivity index (χ1n) is 5.31. The van der Waals surface area contributed by atoms with E-state index in [0.717, 1.165) is 4.88 Å². The summed E-state index contributed by atoms with van der Waals surface area (Å²) in [5.74, 6) is 0. The quantitative estimate of drug-likeness (QED) is 0.908. The minimum atomic E-state index is -3.68. The summed E-state index contributed by atoms with van der Waals surface area (Å²) < 4.78 is 28.5. The third-order valence-electron chi connectivity index (χ3n) is 2.38. The third kappa shape index (κ3) is 3.49. The molecule has 2 aromatic heterocycles. The van der Waals surface area contributed by atoms with Gasteiger partial charge in [0.2, 0.25) is 5.03 Å². The Hall–Kier alpha value is -0.600. The molecule has 0 aliphatic rings. The maximum absolute atomic E-state index is 12.0. The van der Waals surface area contributed by atoms with Crippen LogP contribution < -0.4 is 4.72 Å². The number of rotatable bonds is 5. The average molecular weight is 340 g/mol. The number of aromatic nitrogens is 2. The summed E-state index contributed by atoms with van der Waals surface area (Å²) in [7, 11) is -2.05. The van der Waals surface area contributed by atoms with Gasteiger partial charge in [-0.15, -0.1) is 11.3 Å². The van der Waals surface area contributed by atoms with Crippen molar-refractivity contribution in [2.75, 3.05) is 6.54 Å². The molecule has 0 fully saturated rings. The second-order valence-corrected chi connectivity index (χ2v) is 7.64. The van der Waals surface area contributed by atoms with E-state index in [1.807, 2.05) is 6.07 Å². The van der Waals surface area contributed by atoms with Crippen molar-refractivity contribution in [2.24, 2.45) is 7.05 Å². The van der Waals surface area contributed by atoms with E-state index in [1.165, 1.54) is 22.2 Å². The van der Waals surface area contributed by atoms with Crippen LogP contribution >= 0.6 is 34.5 Å². The highest BCUT2D eigenvalue weighted by atomic mass is 35.5. The Bertz CT molecular complexity index is 679. The van der Waals surface area contributed by atoms with Gasteiger partial charge >= 0.3 is 0 Å². The van der Waals surface area contributed by atoms with E-state index in [4.69, 9.17) is 23.2 Å². The van der Waals surface area contributed by atoms with Crippen molar-refractivity contribution in [3.63, 3.8) is 0 Å². The molecule has 5 nitrogen and oxygen atoms in total. The van der Waals surface area contributed by atoms with E-state index in [2.05, 4.69) is 9.71 Å². The maximum Gasteiger partial charge on any atom is 0.261 e. The van der Waals surface area contributed by atoms with E-state index >= 15 is 0 Å². The summed E-state index contributed by atoms with van der Waals surface area (Å²) >= 11 is 13.1. The number of hydrogen-bond acceptors (Lipinski definition) is 4. The minimum Gasteiger partial charge on any atom is -0.324 e. The Kier molecular flexibility index (Phi) is 4.52. The summed E-state index contributed by atoms with van der Waals surface area (Å²) in [6, 6.07) is 3.65. The van der Waals surface area contributed by atoms with Gasteiger partial charge in [0.25, 0.3) is 10.0 Å². The largest absolute Gasteiger partial charge is 0.324 e. The first-order chi connectivity index (χ1) is 8.90. The molecule has 104 valence electrons. The number of imidazole rings is 1. The van der Waals surface area contributed by atoms with Gasteiger partial charge in [-0.25, -0.2) is 18.1 Å². The number of aryl methyl sites for hydroxylation is 1. The third-order valence-corrected chi connectivity index (χ3v) is 5.62. The van der Waals surface area contributed by atoms with E-state index in [9.17, 15) is 8.42 Å². The molecule has 0 radical (unpaired) electrons. The van der Waals surface area contributed by atoms with Crippen LogP contribution in [0.4, 0.5) is 0 Å². The molecule has 0 bridgehead atoms. The fourth-order valence-electron chi connectivity index (χ4n) is 1.44. The van der Waals surface area contributed by atoms with Crippen LogP contribution in [0.1, 0.15) is 4.88 Å². The molecule has 2 rings (SSSR count). The predicted molar refractivity (Wildman–Crippen MR) is 76.4 cm³/mol. The number of nitrogens with one attached hydrogen (secondary N) is 1. The zero-order chi connectivity index (χ0) is 14.0. The first-order valence-corrected chi connectivity index (χ1v) is 8.36. The Morgan fingerprint density at radius 1 is 1.42 bits per heavy atom. The monoisotopic (exact) mass is 339 g/mol. The van der Waals surface area contributed by atoms with Crippen molar-refractivity contribution < 1.29 is 8.42 Å². The standard InChI is InChI=1S/C10H11Cl2N3O2S2/c1-15-6-13-10(9(15)12)19(16,17)14-5-4-7-2-3-8(11)18-7/h2-3,6,14H,4-5H2,1H3. The van der Waals surface area contributed by atoms with Gasteiger partial charge in [-0.05, 0) is 18.6 Å². The Morgan fingerprint density at radius 2 is 2.16 bits per heavy atom. The molecule has 1 N–H and O–H groups in total. The number of nitrogens with zero attached hydrogens (tertiary/aromatic N) is 2. The van der Waals surface area contributed by atoms with Gasteiger partial charge < -0.3 is 4.57 Å². The topological polar surface area (TPSA) is 64.0 Å². The van der Waals surface area contributed by atoms with Crippen molar-refractivity contribution in [2.45, 2.75) is 11.4 Å². The highest BCUT2D eigenvalue weighted by molar-refractivity contribution is 7.89. The molecule has 0 aliphatic carbocycles. The lowest BCUT2D eigenvalue weighted by Crippen LogP contribution is -2.26. The second-order valence-electron chi connectivity index (χ2n) is 3.81. The van der Waals surface area contributed by atoms with Gasteiger partial charge in [0.1, 0.15) is 5.15 Å². The molecule has 0 aliphatic heterocycles. The summed E-state index contributed by atoms with van der Waals surface area (Å²) in [6.45, 7) is 0.270. The Morgan fingerprint density at radius 3 is 2.68 bits per heavy atom. The number of hydrogen-bond donors (Lipinski definition) is 1. The number of sulfonamides is 1. The fraction of sp³-hybridized carbons (Fsp3) is 0.300. The summed E-state index contributed by atoms with van der Waals surface area (Å²) in [6.07, 6.45) is 1.93. The molecule has 0 unspecified atom stereocenters. The first kappa shape index (κ1) is 14.8. The van der Waals surface area contributed by atoms with E-state index < -0.39 is 10.0 Å². The molecule has 0 atom stereocenters. The lowest BCUT2D eigenvalue weighted by Gasteiger charge is -2.04. The van der Waals surface area contributed by atoms with Gasteiger partial charge in [-0.2, -0.15) is 0 Å². The van der Waals surface area contributed by atoms with Crippen LogP contribution in [0.5, 0.6) is 0 Å². The molecule has 0 saturated carbocycles. The van der Waals surface area contributed by atoms with E-state index in [0.29, 0.717) is 10.8 Å². The predicted octanol–water partition coefficient (Wildman–Crippen LogP) is 2.31.